The van der Waals surface area contributed by atoms with E-state index in [1.54, 1.807) is 6.20 Å². The van der Waals surface area contributed by atoms with Crippen LogP contribution in [0.25, 0.3) is 11.0 Å². The van der Waals surface area contributed by atoms with Gasteiger partial charge in [-0.05, 0) is 25.0 Å². The summed E-state index contributed by atoms with van der Waals surface area (Å²) in [5, 5.41) is 9.23. The third-order valence-electron chi connectivity index (χ3n) is 3.07. The van der Waals surface area contributed by atoms with Crippen LogP contribution in [0, 0.1) is 11.3 Å². The molecule has 4 nitrogen and oxygen atoms in total. The molecule has 0 amide bonds. The van der Waals surface area contributed by atoms with E-state index in [0.29, 0.717) is 5.56 Å². The zero-order valence-electron chi connectivity index (χ0n) is 8.90. The van der Waals surface area contributed by atoms with Crippen molar-refractivity contribution in [2.24, 2.45) is 0 Å². The van der Waals surface area contributed by atoms with Gasteiger partial charge in [-0.25, -0.2) is 0 Å². The second-order valence-electron chi connectivity index (χ2n) is 4.05. The van der Waals surface area contributed by atoms with Crippen LogP contribution in [0.2, 0.25) is 0 Å². The van der Waals surface area contributed by atoms with Crippen LogP contribution in [-0.2, 0) is 0 Å². The van der Waals surface area contributed by atoms with E-state index in [2.05, 4.69) is 20.9 Å². The van der Waals surface area contributed by atoms with Crippen LogP contribution in [0.4, 0.5) is 5.82 Å². The molecular weight excluding hydrogens is 200 g/mol. The summed E-state index contributed by atoms with van der Waals surface area (Å²) in [6.45, 7) is 2.06. The zero-order valence-corrected chi connectivity index (χ0v) is 8.90. The Hall–Kier alpha value is -2.02. The molecule has 0 radical (unpaired) electrons. The molecule has 4 heteroatoms. The molecular formula is C12H12N4. The Morgan fingerprint density at radius 3 is 2.94 bits per heavy atom. The number of aromatic amines is 1. The fraction of sp³-hybridized carbons (Fsp3) is 0.333. The smallest absolute Gasteiger partial charge is 0.126 e. The minimum Gasteiger partial charge on any atom is -0.357 e. The zero-order chi connectivity index (χ0) is 11.0. The van der Waals surface area contributed by atoms with Crippen molar-refractivity contribution in [3.05, 3.63) is 23.9 Å². The Morgan fingerprint density at radius 1 is 1.38 bits per heavy atom. The van der Waals surface area contributed by atoms with Crippen molar-refractivity contribution < 1.29 is 0 Å². The molecule has 2 aromatic rings. The highest BCUT2D eigenvalue weighted by Gasteiger charge is 2.20. The van der Waals surface area contributed by atoms with Crippen molar-refractivity contribution in [1.82, 2.24) is 9.97 Å². The van der Waals surface area contributed by atoms with Crippen molar-refractivity contribution in [1.29, 1.82) is 5.26 Å². The number of hydrogen-bond donors (Lipinski definition) is 1. The highest BCUT2D eigenvalue weighted by molar-refractivity contribution is 5.88. The molecule has 3 rings (SSSR count). The molecule has 0 aromatic carbocycles. The summed E-state index contributed by atoms with van der Waals surface area (Å²) in [6, 6.07) is 6.10. The summed E-state index contributed by atoms with van der Waals surface area (Å²) in [5.74, 6) is 0.939. The molecule has 1 aliphatic rings. The first-order valence-electron chi connectivity index (χ1n) is 5.52. The molecule has 80 valence electrons. The monoisotopic (exact) mass is 212 g/mol. The number of hydrogen-bond acceptors (Lipinski definition) is 3. The average Bonchev–Trinajstić information content (AvgIpc) is 2.95. The van der Waals surface area contributed by atoms with Gasteiger partial charge in [-0.3, -0.25) is 4.98 Å². The highest BCUT2D eigenvalue weighted by atomic mass is 15.2. The molecule has 2 aromatic heterocycles. The number of fused-ring (bicyclic) bond motifs is 1. The summed E-state index contributed by atoms with van der Waals surface area (Å²) in [4.78, 5) is 9.80. The van der Waals surface area contributed by atoms with Gasteiger partial charge in [0.15, 0.2) is 0 Å². The summed E-state index contributed by atoms with van der Waals surface area (Å²) >= 11 is 0. The molecule has 0 spiro atoms. The third kappa shape index (κ3) is 1.25. The van der Waals surface area contributed by atoms with Crippen LogP contribution in [0.3, 0.4) is 0 Å². The molecule has 0 saturated carbocycles. The lowest BCUT2D eigenvalue weighted by atomic mass is 10.2. The first-order valence-corrected chi connectivity index (χ1v) is 5.52. The van der Waals surface area contributed by atoms with Gasteiger partial charge in [-0.15, -0.1) is 0 Å². The second-order valence-corrected chi connectivity index (χ2v) is 4.05. The fourth-order valence-corrected chi connectivity index (χ4v) is 2.29. The maximum absolute atomic E-state index is 9.23. The Balaban J connectivity index is 2.20. The van der Waals surface area contributed by atoms with E-state index in [1.807, 2.05) is 12.1 Å². The van der Waals surface area contributed by atoms with E-state index in [-0.39, 0.29) is 0 Å². The Morgan fingerprint density at radius 2 is 2.19 bits per heavy atom. The van der Waals surface area contributed by atoms with E-state index < -0.39 is 0 Å². The number of anilines is 1. The molecule has 16 heavy (non-hydrogen) atoms. The lowest BCUT2D eigenvalue weighted by Crippen LogP contribution is -2.18. The van der Waals surface area contributed by atoms with Crippen molar-refractivity contribution in [3.8, 4) is 6.07 Å². The summed E-state index contributed by atoms with van der Waals surface area (Å²) in [7, 11) is 0. The minimum atomic E-state index is 0.678. The van der Waals surface area contributed by atoms with Crippen molar-refractivity contribution >= 4 is 16.9 Å². The van der Waals surface area contributed by atoms with Crippen molar-refractivity contribution in [2.75, 3.05) is 18.0 Å². The number of nitriles is 1. The lowest BCUT2D eigenvalue weighted by Gasteiger charge is -2.15. The van der Waals surface area contributed by atoms with Gasteiger partial charge in [-0.1, -0.05) is 0 Å². The number of aromatic nitrogens is 2. The SMILES string of the molecule is N#Cc1c(N2CCCC2)[nH]c2cccnc12. The molecule has 0 atom stereocenters. The van der Waals surface area contributed by atoms with Gasteiger partial charge < -0.3 is 9.88 Å². The van der Waals surface area contributed by atoms with Crippen molar-refractivity contribution in [3.63, 3.8) is 0 Å². The van der Waals surface area contributed by atoms with Crippen LogP contribution >= 0.6 is 0 Å². The summed E-state index contributed by atoms with van der Waals surface area (Å²) < 4.78 is 0. The molecule has 0 unspecified atom stereocenters. The maximum atomic E-state index is 9.23. The molecule has 1 fully saturated rings. The topological polar surface area (TPSA) is 55.7 Å². The van der Waals surface area contributed by atoms with E-state index >= 15 is 0 Å². The highest BCUT2D eigenvalue weighted by Crippen LogP contribution is 2.28. The van der Waals surface area contributed by atoms with E-state index in [0.717, 1.165) is 29.9 Å². The fourth-order valence-electron chi connectivity index (χ4n) is 2.29. The van der Waals surface area contributed by atoms with Gasteiger partial charge in [0, 0.05) is 19.3 Å². The summed E-state index contributed by atoms with van der Waals surface area (Å²) in [5.41, 5.74) is 2.41. The maximum Gasteiger partial charge on any atom is 0.126 e. The van der Waals surface area contributed by atoms with Crippen LogP contribution in [0.5, 0.6) is 0 Å². The lowest BCUT2D eigenvalue weighted by molar-refractivity contribution is 0.946. The van der Waals surface area contributed by atoms with Crippen LogP contribution in [0.15, 0.2) is 18.3 Å². The Bertz CT molecular complexity index is 558. The van der Waals surface area contributed by atoms with Gasteiger partial charge in [0.1, 0.15) is 23.0 Å². The predicted octanol–water partition coefficient (Wildman–Crippen LogP) is 2.03. The van der Waals surface area contributed by atoms with Gasteiger partial charge in [0.25, 0.3) is 0 Å². The Kier molecular flexibility index (Phi) is 2.03. The van der Waals surface area contributed by atoms with Crippen LogP contribution < -0.4 is 4.90 Å². The standard InChI is InChI=1S/C12H12N4/c13-8-9-11-10(4-3-5-14-11)15-12(9)16-6-1-2-7-16/h3-5,15H,1-2,6-7H2. The van der Waals surface area contributed by atoms with E-state index in [4.69, 9.17) is 0 Å². The largest absolute Gasteiger partial charge is 0.357 e. The number of nitrogens with one attached hydrogen (secondary N) is 1. The minimum absolute atomic E-state index is 0.678. The molecule has 1 aliphatic heterocycles. The second kappa shape index (κ2) is 3.53. The molecule has 0 aliphatic carbocycles. The first-order chi connectivity index (χ1) is 7.90. The number of H-pyrrole nitrogens is 1. The van der Waals surface area contributed by atoms with Gasteiger partial charge in [-0.2, -0.15) is 5.26 Å². The number of rotatable bonds is 1. The predicted molar refractivity (Wildman–Crippen MR) is 62.3 cm³/mol. The van der Waals surface area contributed by atoms with Crippen LogP contribution in [0.1, 0.15) is 18.4 Å². The van der Waals surface area contributed by atoms with E-state index in [1.165, 1.54) is 12.8 Å². The molecule has 3 heterocycles. The Labute approximate surface area is 93.5 Å². The van der Waals surface area contributed by atoms with Gasteiger partial charge in [0.05, 0.1) is 5.52 Å². The average molecular weight is 212 g/mol. The summed E-state index contributed by atoms with van der Waals surface area (Å²) in [6.07, 6.45) is 4.13. The molecule has 1 N–H and O–H groups in total. The number of nitrogens with zero attached hydrogens (tertiary/aromatic N) is 3. The third-order valence-corrected chi connectivity index (χ3v) is 3.07. The van der Waals surface area contributed by atoms with Crippen molar-refractivity contribution in [2.45, 2.75) is 12.8 Å². The quantitative estimate of drug-likeness (QED) is 0.787. The normalized spacial score (nSPS) is 15.6. The first kappa shape index (κ1) is 9.22. The van der Waals surface area contributed by atoms with Gasteiger partial charge >= 0.3 is 0 Å². The van der Waals surface area contributed by atoms with E-state index in [9.17, 15) is 5.26 Å². The molecule has 1 saturated heterocycles. The van der Waals surface area contributed by atoms with Gasteiger partial charge in [0.2, 0.25) is 0 Å². The molecule has 0 bridgehead atoms. The number of pyridine rings is 1. The van der Waals surface area contributed by atoms with Crippen LogP contribution in [-0.4, -0.2) is 23.1 Å².